The van der Waals surface area contributed by atoms with Crippen molar-refractivity contribution in [3.8, 4) is 5.75 Å². The van der Waals surface area contributed by atoms with Gasteiger partial charge in [-0.1, -0.05) is 18.2 Å². The largest absolute Gasteiger partial charge is 0.464 e. The molecule has 1 aliphatic rings. The predicted octanol–water partition coefficient (Wildman–Crippen LogP) is 0.482. The normalized spacial score (nSPS) is 19.2. The zero-order valence-corrected chi connectivity index (χ0v) is 7.31. The van der Waals surface area contributed by atoms with Gasteiger partial charge in [-0.15, -0.1) is 0 Å². The van der Waals surface area contributed by atoms with Crippen LogP contribution in [0.15, 0.2) is 36.1 Å². The first-order chi connectivity index (χ1) is 6.70. The molecule has 0 bridgehead atoms. The molecular weight excluding hydrogens is 182 g/mol. The molecule has 0 saturated heterocycles. The van der Waals surface area contributed by atoms with Gasteiger partial charge in [0.1, 0.15) is 18.1 Å². The molecule has 1 atom stereocenters. The first-order valence-corrected chi connectivity index (χ1v) is 4.13. The Morgan fingerprint density at radius 1 is 1.43 bits per heavy atom. The van der Waals surface area contributed by atoms with Crippen LogP contribution in [-0.4, -0.2) is 11.0 Å². The van der Waals surface area contributed by atoms with Gasteiger partial charge >= 0.3 is 0 Å². The van der Waals surface area contributed by atoms with E-state index in [9.17, 15) is 9.90 Å². The zero-order valence-electron chi connectivity index (χ0n) is 7.31. The molecule has 0 spiro atoms. The van der Waals surface area contributed by atoms with Crippen molar-refractivity contribution in [3.05, 3.63) is 41.7 Å². The van der Waals surface area contributed by atoms with Crippen LogP contribution in [0.5, 0.6) is 5.75 Å². The number of hydrogen-bond donors (Lipinski definition) is 2. The fourth-order valence-corrected chi connectivity index (χ4v) is 1.37. The smallest absolute Gasteiger partial charge is 0.250 e. The summed E-state index contributed by atoms with van der Waals surface area (Å²) in [7, 11) is 0. The molecule has 1 aliphatic heterocycles. The van der Waals surface area contributed by atoms with Crippen LogP contribution in [-0.2, 0) is 4.79 Å². The number of ether oxygens (including phenoxy) is 1. The fourth-order valence-electron chi connectivity index (χ4n) is 1.37. The number of hydrogen-bond acceptors (Lipinski definition) is 3. The quantitative estimate of drug-likeness (QED) is 0.678. The Bertz CT molecular complexity index is 412. The Balaban J connectivity index is 2.44. The van der Waals surface area contributed by atoms with Crippen molar-refractivity contribution in [2.24, 2.45) is 5.73 Å². The number of fused-ring (bicyclic) bond motifs is 1. The van der Waals surface area contributed by atoms with E-state index < -0.39 is 12.0 Å². The molecule has 0 fully saturated rings. The van der Waals surface area contributed by atoms with Gasteiger partial charge in [0.25, 0.3) is 5.91 Å². The van der Waals surface area contributed by atoms with Gasteiger partial charge in [0, 0.05) is 5.56 Å². The number of rotatable bonds is 1. The van der Waals surface area contributed by atoms with Gasteiger partial charge in [-0.3, -0.25) is 4.79 Å². The molecule has 3 N–H and O–H groups in total. The van der Waals surface area contributed by atoms with E-state index >= 15 is 0 Å². The van der Waals surface area contributed by atoms with Crippen molar-refractivity contribution < 1.29 is 14.6 Å². The minimum absolute atomic E-state index is 0.0729. The van der Waals surface area contributed by atoms with Crippen molar-refractivity contribution in [1.29, 1.82) is 0 Å². The minimum atomic E-state index is -0.988. The summed E-state index contributed by atoms with van der Waals surface area (Å²) in [6.07, 6.45) is 0.201. The van der Waals surface area contributed by atoms with Gasteiger partial charge in [-0.05, 0) is 6.07 Å². The fraction of sp³-hybridized carbons (Fsp3) is 0.100. The van der Waals surface area contributed by atoms with Crippen LogP contribution >= 0.6 is 0 Å². The number of carbonyl (C=O) groups excluding carboxylic acids is 1. The summed E-state index contributed by atoms with van der Waals surface area (Å²) in [5.74, 6) is -0.128. The molecule has 0 radical (unpaired) electrons. The second-order valence-electron chi connectivity index (χ2n) is 3.00. The first-order valence-electron chi connectivity index (χ1n) is 4.13. The van der Waals surface area contributed by atoms with Gasteiger partial charge in [-0.2, -0.15) is 0 Å². The van der Waals surface area contributed by atoms with Crippen LogP contribution in [0.1, 0.15) is 11.7 Å². The summed E-state index contributed by atoms with van der Waals surface area (Å²) >= 11 is 0. The number of aliphatic hydroxyl groups is 1. The Labute approximate surface area is 80.6 Å². The van der Waals surface area contributed by atoms with Gasteiger partial charge in [0.05, 0.1) is 5.57 Å². The van der Waals surface area contributed by atoms with E-state index in [1.165, 1.54) is 6.26 Å². The average Bonchev–Trinajstić information content (AvgIpc) is 2.18. The monoisotopic (exact) mass is 191 g/mol. The van der Waals surface area contributed by atoms with E-state index in [-0.39, 0.29) is 5.57 Å². The number of carbonyl (C=O) groups is 1. The Kier molecular flexibility index (Phi) is 1.98. The van der Waals surface area contributed by atoms with Crippen LogP contribution in [0.4, 0.5) is 0 Å². The Morgan fingerprint density at radius 2 is 2.14 bits per heavy atom. The number of aliphatic hydroxyl groups excluding tert-OH is 1. The van der Waals surface area contributed by atoms with E-state index in [2.05, 4.69) is 0 Å². The predicted molar refractivity (Wildman–Crippen MR) is 49.3 cm³/mol. The molecule has 2 rings (SSSR count). The molecular formula is C10H9NO3. The Morgan fingerprint density at radius 3 is 2.86 bits per heavy atom. The topological polar surface area (TPSA) is 72.6 Å². The van der Waals surface area contributed by atoms with Crippen molar-refractivity contribution in [3.63, 3.8) is 0 Å². The van der Waals surface area contributed by atoms with Crippen LogP contribution in [0, 0.1) is 0 Å². The maximum atomic E-state index is 10.9. The van der Waals surface area contributed by atoms with E-state index in [1.807, 2.05) is 0 Å². The third kappa shape index (κ3) is 1.25. The third-order valence-electron chi connectivity index (χ3n) is 2.11. The molecule has 1 unspecified atom stereocenters. The minimum Gasteiger partial charge on any atom is -0.464 e. The van der Waals surface area contributed by atoms with Crippen molar-refractivity contribution in [2.45, 2.75) is 6.10 Å². The lowest BCUT2D eigenvalue weighted by Gasteiger charge is -2.20. The third-order valence-corrected chi connectivity index (χ3v) is 2.11. The summed E-state index contributed by atoms with van der Waals surface area (Å²) < 4.78 is 5.14. The highest BCUT2D eigenvalue weighted by Crippen LogP contribution is 2.33. The van der Waals surface area contributed by atoms with Gasteiger partial charge in [-0.25, -0.2) is 0 Å². The lowest BCUT2D eigenvalue weighted by Crippen LogP contribution is -2.22. The summed E-state index contributed by atoms with van der Waals surface area (Å²) in [4.78, 5) is 10.9. The summed E-state index contributed by atoms with van der Waals surface area (Å²) in [5.41, 5.74) is 5.70. The molecule has 1 amide bonds. The van der Waals surface area contributed by atoms with Crippen LogP contribution < -0.4 is 10.5 Å². The molecule has 4 heteroatoms. The average molecular weight is 191 g/mol. The van der Waals surface area contributed by atoms with E-state index in [1.54, 1.807) is 24.3 Å². The molecule has 1 heterocycles. The molecule has 0 aromatic heterocycles. The highest BCUT2D eigenvalue weighted by Gasteiger charge is 2.25. The summed E-state index contributed by atoms with van der Waals surface area (Å²) in [6, 6.07) is 6.95. The lowest BCUT2D eigenvalue weighted by molar-refractivity contribution is -0.115. The first kappa shape index (κ1) is 8.77. The van der Waals surface area contributed by atoms with Gasteiger partial charge < -0.3 is 15.6 Å². The SMILES string of the molecule is NC(=O)C1=COc2ccccc2C1O. The second kappa shape index (κ2) is 3.16. The molecule has 0 aliphatic carbocycles. The van der Waals surface area contributed by atoms with Crippen molar-refractivity contribution >= 4 is 5.91 Å². The molecule has 14 heavy (non-hydrogen) atoms. The number of nitrogens with two attached hydrogens (primary N) is 1. The standard InChI is InChI=1S/C10H9NO3/c11-10(13)7-5-14-8-4-2-1-3-6(8)9(7)12/h1-5,9,12H,(H2,11,13). The van der Waals surface area contributed by atoms with E-state index in [0.717, 1.165) is 0 Å². The molecule has 1 aromatic rings. The summed E-state index contributed by atoms with van der Waals surface area (Å²) in [5, 5.41) is 9.74. The number of para-hydroxylation sites is 1. The molecule has 72 valence electrons. The maximum Gasteiger partial charge on any atom is 0.250 e. The van der Waals surface area contributed by atoms with Gasteiger partial charge in [0.2, 0.25) is 0 Å². The number of primary amides is 1. The van der Waals surface area contributed by atoms with Crippen LogP contribution in [0.2, 0.25) is 0 Å². The van der Waals surface area contributed by atoms with Crippen molar-refractivity contribution in [1.82, 2.24) is 0 Å². The summed E-state index contributed by atoms with van der Waals surface area (Å²) in [6.45, 7) is 0. The molecule has 0 saturated carbocycles. The highest BCUT2D eigenvalue weighted by molar-refractivity contribution is 5.93. The molecule has 4 nitrogen and oxygen atoms in total. The van der Waals surface area contributed by atoms with Crippen LogP contribution in [0.25, 0.3) is 0 Å². The lowest BCUT2D eigenvalue weighted by atomic mass is 9.99. The maximum absolute atomic E-state index is 10.9. The van der Waals surface area contributed by atoms with Crippen LogP contribution in [0.3, 0.4) is 0 Å². The highest BCUT2D eigenvalue weighted by atomic mass is 16.5. The number of amides is 1. The Hall–Kier alpha value is -1.81. The molecule has 1 aromatic carbocycles. The van der Waals surface area contributed by atoms with Crippen molar-refractivity contribution in [2.75, 3.05) is 0 Å². The van der Waals surface area contributed by atoms with Gasteiger partial charge in [0.15, 0.2) is 0 Å². The number of benzene rings is 1. The second-order valence-corrected chi connectivity index (χ2v) is 3.00. The van der Waals surface area contributed by atoms with E-state index in [0.29, 0.717) is 11.3 Å². The van der Waals surface area contributed by atoms with E-state index in [4.69, 9.17) is 10.5 Å². The zero-order chi connectivity index (χ0) is 10.1.